The standard InChI is InChI=1S/C18H23N5O4S/c1-11-3-5-14(6-4-11)28(26,27)23-9-7-13(8-10-23)18(25)20-15-12(2)21-22-16(15)17(19)24/h3-6,13H,7-10H2,1-2H3,(H2,19,24)(H,20,25)(H,21,22). The van der Waals surface area contributed by atoms with Gasteiger partial charge >= 0.3 is 0 Å². The molecular weight excluding hydrogens is 382 g/mol. The molecule has 1 aliphatic heterocycles. The maximum atomic E-state index is 12.8. The van der Waals surface area contributed by atoms with Gasteiger partial charge in [-0.15, -0.1) is 0 Å². The number of aromatic amines is 1. The normalized spacial score (nSPS) is 16.1. The fourth-order valence-electron chi connectivity index (χ4n) is 3.20. The van der Waals surface area contributed by atoms with Crippen LogP contribution >= 0.6 is 0 Å². The summed E-state index contributed by atoms with van der Waals surface area (Å²) in [4.78, 5) is 24.3. The van der Waals surface area contributed by atoms with Crippen molar-refractivity contribution in [1.82, 2.24) is 14.5 Å². The third-order valence-electron chi connectivity index (χ3n) is 4.91. The number of amides is 2. The molecule has 2 amide bonds. The third kappa shape index (κ3) is 3.92. The molecular formula is C18H23N5O4S. The summed E-state index contributed by atoms with van der Waals surface area (Å²) in [5.74, 6) is -1.38. The number of piperidine rings is 1. The van der Waals surface area contributed by atoms with Crippen LogP contribution in [0.1, 0.15) is 34.6 Å². The number of carbonyl (C=O) groups excluding carboxylic acids is 2. The first-order valence-corrected chi connectivity index (χ1v) is 10.4. The molecule has 2 heterocycles. The topological polar surface area (TPSA) is 138 Å². The second kappa shape index (κ2) is 7.72. The summed E-state index contributed by atoms with van der Waals surface area (Å²) >= 11 is 0. The monoisotopic (exact) mass is 405 g/mol. The molecule has 1 saturated heterocycles. The van der Waals surface area contributed by atoms with E-state index in [4.69, 9.17) is 5.73 Å². The molecule has 10 heteroatoms. The van der Waals surface area contributed by atoms with Crippen molar-refractivity contribution < 1.29 is 18.0 Å². The van der Waals surface area contributed by atoms with E-state index in [1.165, 1.54) is 4.31 Å². The van der Waals surface area contributed by atoms with E-state index in [9.17, 15) is 18.0 Å². The highest BCUT2D eigenvalue weighted by atomic mass is 32.2. The molecule has 1 fully saturated rings. The Morgan fingerprint density at radius 2 is 1.79 bits per heavy atom. The van der Waals surface area contributed by atoms with Gasteiger partial charge in [0, 0.05) is 19.0 Å². The molecule has 0 radical (unpaired) electrons. The zero-order valence-corrected chi connectivity index (χ0v) is 16.5. The molecule has 0 unspecified atom stereocenters. The average Bonchev–Trinajstić information content (AvgIpc) is 3.03. The molecule has 0 spiro atoms. The fourth-order valence-corrected chi connectivity index (χ4v) is 4.67. The Morgan fingerprint density at radius 3 is 2.36 bits per heavy atom. The van der Waals surface area contributed by atoms with Gasteiger partial charge in [0.2, 0.25) is 15.9 Å². The summed E-state index contributed by atoms with van der Waals surface area (Å²) in [5.41, 5.74) is 7.03. The number of hydrogen-bond acceptors (Lipinski definition) is 5. The summed E-state index contributed by atoms with van der Waals surface area (Å²) in [5, 5.41) is 9.12. The van der Waals surface area contributed by atoms with Gasteiger partial charge in [-0.05, 0) is 38.8 Å². The molecule has 9 nitrogen and oxygen atoms in total. The van der Waals surface area contributed by atoms with Gasteiger partial charge in [0.25, 0.3) is 5.91 Å². The van der Waals surface area contributed by atoms with Gasteiger partial charge in [-0.2, -0.15) is 9.40 Å². The summed E-state index contributed by atoms with van der Waals surface area (Å²) in [6, 6.07) is 6.71. The van der Waals surface area contributed by atoms with Crippen LogP contribution in [0.2, 0.25) is 0 Å². The van der Waals surface area contributed by atoms with Crippen molar-refractivity contribution >= 4 is 27.5 Å². The Labute approximate surface area is 163 Å². The van der Waals surface area contributed by atoms with E-state index in [1.807, 2.05) is 6.92 Å². The largest absolute Gasteiger partial charge is 0.364 e. The molecule has 150 valence electrons. The van der Waals surface area contributed by atoms with E-state index >= 15 is 0 Å². The Morgan fingerprint density at radius 1 is 1.18 bits per heavy atom. The molecule has 0 bridgehead atoms. The predicted molar refractivity (Wildman–Crippen MR) is 103 cm³/mol. The molecule has 0 saturated carbocycles. The quantitative estimate of drug-likeness (QED) is 0.685. The first-order chi connectivity index (χ1) is 13.2. The van der Waals surface area contributed by atoms with E-state index in [2.05, 4.69) is 15.5 Å². The first-order valence-electron chi connectivity index (χ1n) is 8.92. The van der Waals surface area contributed by atoms with Gasteiger partial charge in [-0.1, -0.05) is 17.7 Å². The number of anilines is 1. The second-order valence-corrected chi connectivity index (χ2v) is 8.86. The first kappa shape index (κ1) is 20.0. The van der Waals surface area contributed by atoms with Crippen molar-refractivity contribution in [3.63, 3.8) is 0 Å². The predicted octanol–water partition coefficient (Wildman–Crippen LogP) is 1.16. The molecule has 0 atom stereocenters. The van der Waals surface area contributed by atoms with Crippen molar-refractivity contribution in [1.29, 1.82) is 0 Å². The van der Waals surface area contributed by atoms with Crippen LogP contribution in [0, 0.1) is 19.8 Å². The highest BCUT2D eigenvalue weighted by molar-refractivity contribution is 7.89. The Hall–Kier alpha value is -2.72. The second-order valence-electron chi connectivity index (χ2n) is 6.92. The van der Waals surface area contributed by atoms with Crippen LogP contribution in [0.25, 0.3) is 0 Å². The molecule has 1 aromatic carbocycles. The molecule has 1 aromatic heterocycles. The number of sulfonamides is 1. The zero-order chi connectivity index (χ0) is 20.5. The van der Waals surface area contributed by atoms with Gasteiger partial charge in [0.05, 0.1) is 16.3 Å². The van der Waals surface area contributed by atoms with E-state index < -0.39 is 15.9 Å². The number of H-pyrrole nitrogens is 1. The minimum Gasteiger partial charge on any atom is -0.364 e. The number of carbonyl (C=O) groups is 2. The number of rotatable bonds is 5. The van der Waals surface area contributed by atoms with Crippen LogP contribution in [0.5, 0.6) is 0 Å². The number of primary amides is 1. The van der Waals surface area contributed by atoms with Crippen molar-refractivity contribution in [2.24, 2.45) is 11.7 Å². The molecule has 3 rings (SSSR count). The lowest BCUT2D eigenvalue weighted by Crippen LogP contribution is -2.41. The Balaban J connectivity index is 1.65. The van der Waals surface area contributed by atoms with Crippen molar-refractivity contribution in [3.8, 4) is 0 Å². The minimum absolute atomic E-state index is 0.0229. The summed E-state index contributed by atoms with van der Waals surface area (Å²) in [6.45, 7) is 4.07. The lowest BCUT2D eigenvalue weighted by Gasteiger charge is -2.30. The Kier molecular flexibility index (Phi) is 5.52. The summed E-state index contributed by atoms with van der Waals surface area (Å²) in [6.07, 6.45) is 0.777. The fraction of sp³-hybridized carbons (Fsp3) is 0.389. The maximum Gasteiger partial charge on any atom is 0.271 e. The number of benzene rings is 1. The van der Waals surface area contributed by atoms with Gasteiger partial charge < -0.3 is 11.1 Å². The van der Waals surface area contributed by atoms with Crippen molar-refractivity contribution in [2.75, 3.05) is 18.4 Å². The van der Waals surface area contributed by atoms with E-state index in [0.717, 1.165) is 5.56 Å². The van der Waals surface area contributed by atoms with Crippen LogP contribution in [0.3, 0.4) is 0 Å². The third-order valence-corrected chi connectivity index (χ3v) is 6.83. The average molecular weight is 405 g/mol. The van der Waals surface area contributed by atoms with Crippen LogP contribution in [-0.2, 0) is 14.8 Å². The lowest BCUT2D eigenvalue weighted by atomic mass is 9.97. The van der Waals surface area contributed by atoms with E-state index in [-0.39, 0.29) is 41.2 Å². The highest BCUT2D eigenvalue weighted by Gasteiger charge is 2.32. The summed E-state index contributed by atoms with van der Waals surface area (Å²) < 4.78 is 26.9. The molecule has 2 aromatic rings. The van der Waals surface area contributed by atoms with E-state index in [1.54, 1.807) is 31.2 Å². The van der Waals surface area contributed by atoms with Gasteiger partial charge in [0.15, 0.2) is 5.69 Å². The molecule has 1 aliphatic rings. The van der Waals surface area contributed by atoms with Crippen LogP contribution in [0.15, 0.2) is 29.2 Å². The van der Waals surface area contributed by atoms with Gasteiger partial charge in [-0.25, -0.2) is 8.42 Å². The summed E-state index contributed by atoms with van der Waals surface area (Å²) in [7, 11) is -3.58. The van der Waals surface area contributed by atoms with Gasteiger partial charge in [0.1, 0.15) is 0 Å². The number of nitrogens with two attached hydrogens (primary N) is 1. The number of nitrogens with one attached hydrogen (secondary N) is 2. The molecule has 4 N–H and O–H groups in total. The van der Waals surface area contributed by atoms with Crippen molar-refractivity contribution in [2.45, 2.75) is 31.6 Å². The zero-order valence-electron chi connectivity index (χ0n) is 15.7. The van der Waals surface area contributed by atoms with Crippen LogP contribution < -0.4 is 11.1 Å². The maximum absolute atomic E-state index is 12.8. The number of hydrogen-bond donors (Lipinski definition) is 3. The molecule has 28 heavy (non-hydrogen) atoms. The number of nitrogens with zero attached hydrogens (tertiary/aromatic N) is 2. The van der Waals surface area contributed by atoms with Crippen LogP contribution in [0.4, 0.5) is 5.69 Å². The van der Waals surface area contributed by atoms with E-state index in [0.29, 0.717) is 18.5 Å². The minimum atomic E-state index is -3.58. The Bertz CT molecular complexity index is 989. The van der Waals surface area contributed by atoms with Gasteiger partial charge in [-0.3, -0.25) is 14.7 Å². The van der Waals surface area contributed by atoms with Crippen LogP contribution in [-0.4, -0.2) is 47.8 Å². The highest BCUT2D eigenvalue weighted by Crippen LogP contribution is 2.26. The van der Waals surface area contributed by atoms with Crippen molar-refractivity contribution in [3.05, 3.63) is 41.2 Å². The smallest absolute Gasteiger partial charge is 0.271 e. The lowest BCUT2D eigenvalue weighted by molar-refractivity contribution is -0.120. The SMILES string of the molecule is Cc1ccc(S(=O)(=O)N2CCC(C(=O)Nc3c(C(N)=O)n[nH]c3C)CC2)cc1. The number of aryl methyl sites for hydroxylation is 2. The number of aromatic nitrogens is 2. The molecule has 0 aliphatic carbocycles.